The fourth-order valence-electron chi connectivity index (χ4n) is 2.86. The van der Waals surface area contributed by atoms with Crippen LogP contribution in [0.4, 0.5) is 0 Å². The van der Waals surface area contributed by atoms with Gasteiger partial charge in [0, 0.05) is 12.6 Å². The number of ether oxygens (including phenoxy) is 1. The summed E-state index contributed by atoms with van der Waals surface area (Å²) in [5.41, 5.74) is 3.03. The van der Waals surface area contributed by atoms with E-state index >= 15 is 0 Å². The second kappa shape index (κ2) is 5.53. The third kappa shape index (κ3) is 2.36. The molecule has 3 rings (SSSR count). The van der Waals surface area contributed by atoms with E-state index in [0.29, 0.717) is 12.6 Å². The Labute approximate surface area is 119 Å². The summed E-state index contributed by atoms with van der Waals surface area (Å²) in [5, 5.41) is 0. The fourth-order valence-corrected chi connectivity index (χ4v) is 2.86. The van der Waals surface area contributed by atoms with Crippen molar-refractivity contribution in [2.45, 2.75) is 32.4 Å². The van der Waals surface area contributed by atoms with E-state index in [1.165, 1.54) is 5.56 Å². The summed E-state index contributed by atoms with van der Waals surface area (Å²) in [5.74, 6) is -0.190. The Kier molecular flexibility index (Phi) is 3.59. The molecule has 0 amide bonds. The summed E-state index contributed by atoms with van der Waals surface area (Å²) >= 11 is 0. The van der Waals surface area contributed by atoms with E-state index in [0.717, 1.165) is 30.7 Å². The summed E-state index contributed by atoms with van der Waals surface area (Å²) in [6.07, 6.45) is 6.29. The van der Waals surface area contributed by atoms with Gasteiger partial charge in [-0.2, -0.15) is 0 Å². The normalized spacial score (nSPS) is 21.1. The lowest BCUT2D eigenvalue weighted by Crippen LogP contribution is -2.35. The van der Waals surface area contributed by atoms with Crippen molar-refractivity contribution in [3.05, 3.63) is 59.3 Å². The standard InChI is InChI=1S/C17H19NO2/c1-2-6-14-9-10-15-16(12-20-17(15)19)18(14)11-13-7-4-3-5-8-13/h3-5,7-10,14H,2,6,11-12H2,1H3. The molecule has 1 unspecified atom stereocenters. The minimum Gasteiger partial charge on any atom is -0.456 e. The zero-order valence-corrected chi connectivity index (χ0v) is 11.7. The summed E-state index contributed by atoms with van der Waals surface area (Å²) in [7, 11) is 0. The molecule has 20 heavy (non-hydrogen) atoms. The first kappa shape index (κ1) is 13.0. The van der Waals surface area contributed by atoms with Crippen molar-refractivity contribution in [3.63, 3.8) is 0 Å². The maximum absolute atomic E-state index is 11.7. The van der Waals surface area contributed by atoms with E-state index in [1.54, 1.807) is 0 Å². The highest BCUT2D eigenvalue weighted by atomic mass is 16.5. The Bertz CT molecular complexity index is 560. The van der Waals surface area contributed by atoms with E-state index in [1.807, 2.05) is 12.1 Å². The average Bonchev–Trinajstić information content (AvgIpc) is 2.85. The molecule has 0 aromatic heterocycles. The highest BCUT2D eigenvalue weighted by molar-refractivity contribution is 5.95. The van der Waals surface area contributed by atoms with Gasteiger partial charge in [0.1, 0.15) is 6.61 Å². The third-order valence-corrected chi connectivity index (χ3v) is 3.88. The van der Waals surface area contributed by atoms with Gasteiger partial charge in [0.2, 0.25) is 0 Å². The second-order valence-corrected chi connectivity index (χ2v) is 5.27. The molecule has 1 aromatic rings. The van der Waals surface area contributed by atoms with Gasteiger partial charge in [-0.1, -0.05) is 49.8 Å². The van der Waals surface area contributed by atoms with Crippen molar-refractivity contribution in [3.8, 4) is 0 Å². The van der Waals surface area contributed by atoms with E-state index in [-0.39, 0.29) is 5.97 Å². The van der Waals surface area contributed by atoms with Gasteiger partial charge in [-0.15, -0.1) is 0 Å². The molecule has 0 N–H and O–H groups in total. The van der Waals surface area contributed by atoms with Crippen molar-refractivity contribution in [1.29, 1.82) is 0 Å². The molecule has 2 heterocycles. The quantitative estimate of drug-likeness (QED) is 0.787. The Balaban J connectivity index is 1.88. The second-order valence-electron chi connectivity index (χ2n) is 5.27. The molecule has 0 saturated heterocycles. The van der Waals surface area contributed by atoms with Crippen LogP contribution in [0.2, 0.25) is 0 Å². The minimum absolute atomic E-state index is 0.190. The molecule has 3 heteroatoms. The van der Waals surface area contributed by atoms with Crippen molar-refractivity contribution in [1.82, 2.24) is 4.90 Å². The van der Waals surface area contributed by atoms with Crippen molar-refractivity contribution < 1.29 is 9.53 Å². The molecule has 0 radical (unpaired) electrons. The van der Waals surface area contributed by atoms with E-state index in [4.69, 9.17) is 4.74 Å². The molecule has 0 saturated carbocycles. The SMILES string of the molecule is CCCC1C=CC2=C(COC2=O)N1Cc1ccccc1. The number of hydrogen-bond donors (Lipinski definition) is 0. The lowest BCUT2D eigenvalue weighted by molar-refractivity contribution is -0.135. The molecule has 1 aromatic carbocycles. The molecular weight excluding hydrogens is 250 g/mol. The van der Waals surface area contributed by atoms with Gasteiger partial charge in [0.05, 0.1) is 11.3 Å². The largest absolute Gasteiger partial charge is 0.456 e. The van der Waals surface area contributed by atoms with Gasteiger partial charge in [-0.25, -0.2) is 4.79 Å². The predicted octanol–water partition coefficient (Wildman–Crippen LogP) is 3.04. The predicted molar refractivity (Wildman–Crippen MR) is 77.8 cm³/mol. The Morgan fingerprint density at radius 2 is 2.10 bits per heavy atom. The topological polar surface area (TPSA) is 29.5 Å². The first-order valence-electron chi connectivity index (χ1n) is 7.18. The van der Waals surface area contributed by atoms with Crippen LogP contribution in [-0.2, 0) is 16.1 Å². The highest BCUT2D eigenvalue weighted by Gasteiger charge is 2.32. The molecule has 0 spiro atoms. The zero-order valence-electron chi connectivity index (χ0n) is 11.7. The van der Waals surface area contributed by atoms with E-state index in [2.05, 4.69) is 42.2 Å². The van der Waals surface area contributed by atoms with Crippen LogP contribution >= 0.6 is 0 Å². The summed E-state index contributed by atoms with van der Waals surface area (Å²) < 4.78 is 5.19. The molecule has 0 aliphatic carbocycles. The van der Waals surface area contributed by atoms with Gasteiger partial charge in [0.15, 0.2) is 0 Å². The maximum atomic E-state index is 11.7. The van der Waals surface area contributed by atoms with Gasteiger partial charge < -0.3 is 9.64 Å². The first-order valence-corrected chi connectivity index (χ1v) is 7.18. The van der Waals surface area contributed by atoms with Crippen LogP contribution in [0.5, 0.6) is 0 Å². The van der Waals surface area contributed by atoms with Crippen LogP contribution in [-0.4, -0.2) is 23.5 Å². The molecule has 104 valence electrons. The van der Waals surface area contributed by atoms with Gasteiger partial charge in [0.25, 0.3) is 0 Å². The van der Waals surface area contributed by atoms with Crippen molar-refractivity contribution >= 4 is 5.97 Å². The minimum atomic E-state index is -0.190. The fraction of sp³-hybridized carbons (Fsp3) is 0.353. The summed E-state index contributed by atoms with van der Waals surface area (Å²) in [6.45, 7) is 3.42. The van der Waals surface area contributed by atoms with Crippen molar-refractivity contribution in [2.24, 2.45) is 0 Å². The van der Waals surface area contributed by atoms with E-state index < -0.39 is 0 Å². The Morgan fingerprint density at radius 1 is 1.30 bits per heavy atom. The number of nitrogens with zero attached hydrogens (tertiary/aromatic N) is 1. The Morgan fingerprint density at radius 3 is 2.85 bits per heavy atom. The Hall–Kier alpha value is -2.03. The number of carbonyl (C=O) groups excluding carboxylic acids is 1. The van der Waals surface area contributed by atoms with Crippen LogP contribution in [0.15, 0.2) is 53.8 Å². The first-order chi connectivity index (χ1) is 9.79. The summed E-state index contributed by atoms with van der Waals surface area (Å²) in [4.78, 5) is 14.0. The summed E-state index contributed by atoms with van der Waals surface area (Å²) in [6, 6.07) is 10.7. The molecule has 2 aliphatic heterocycles. The van der Waals surface area contributed by atoms with Crippen LogP contribution < -0.4 is 0 Å². The van der Waals surface area contributed by atoms with Crippen LogP contribution in [0.1, 0.15) is 25.3 Å². The van der Waals surface area contributed by atoms with Gasteiger partial charge in [-0.3, -0.25) is 0 Å². The highest BCUT2D eigenvalue weighted by Crippen LogP contribution is 2.30. The third-order valence-electron chi connectivity index (χ3n) is 3.88. The molecule has 0 bridgehead atoms. The smallest absolute Gasteiger partial charge is 0.340 e. The molecule has 2 aliphatic rings. The monoisotopic (exact) mass is 269 g/mol. The number of cyclic esters (lactones) is 1. The molecule has 3 nitrogen and oxygen atoms in total. The number of hydrogen-bond acceptors (Lipinski definition) is 3. The number of rotatable bonds is 4. The average molecular weight is 269 g/mol. The number of carbonyl (C=O) groups is 1. The van der Waals surface area contributed by atoms with Gasteiger partial charge >= 0.3 is 5.97 Å². The van der Waals surface area contributed by atoms with Crippen LogP contribution in [0.3, 0.4) is 0 Å². The molecular formula is C17H19NO2. The van der Waals surface area contributed by atoms with Gasteiger partial charge in [-0.05, 0) is 18.1 Å². The zero-order chi connectivity index (χ0) is 13.9. The van der Waals surface area contributed by atoms with Crippen LogP contribution in [0.25, 0.3) is 0 Å². The maximum Gasteiger partial charge on any atom is 0.340 e. The lowest BCUT2D eigenvalue weighted by Gasteiger charge is -2.34. The van der Waals surface area contributed by atoms with Crippen LogP contribution in [0, 0.1) is 0 Å². The van der Waals surface area contributed by atoms with E-state index in [9.17, 15) is 4.79 Å². The number of esters is 1. The van der Waals surface area contributed by atoms with Crippen molar-refractivity contribution in [2.75, 3.05) is 6.61 Å². The molecule has 1 atom stereocenters. The lowest BCUT2D eigenvalue weighted by atomic mass is 10.0. The number of benzene rings is 1. The molecule has 0 fully saturated rings.